The molecule has 3 atom stereocenters. The molecule has 0 bridgehead atoms. The number of likely N-dealkylation sites (N-methyl/N-ethyl adjacent to an activating group) is 1. The van der Waals surface area contributed by atoms with Crippen LogP contribution in [0.15, 0.2) is 0 Å². The van der Waals surface area contributed by atoms with Crippen LogP contribution in [0.4, 0.5) is 0 Å². The molecule has 0 aromatic carbocycles. The fraction of sp³-hybridized carbons (Fsp3) is 1.00. The van der Waals surface area contributed by atoms with Crippen molar-refractivity contribution in [3.63, 3.8) is 0 Å². The van der Waals surface area contributed by atoms with Gasteiger partial charge < -0.3 is 10.0 Å². The first-order valence-corrected chi connectivity index (χ1v) is 6.53. The van der Waals surface area contributed by atoms with E-state index in [1.807, 2.05) is 0 Å². The summed E-state index contributed by atoms with van der Waals surface area (Å²) in [4.78, 5) is 2.33. The highest BCUT2D eigenvalue weighted by Gasteiger charge is 2.34. The number of aliphatic hydroxyl groups excluding tert-OH is 1. The fourth-order valence-corrected chi connectivity index (χ4v) is 2.94. The molecule has 2 aliphatic rings. The topological polar surface area (TPSA) is 23.5 Å². The minimum absolute atomic E-state index is 0.0773. The summed E-state index contributed by atoms with van der Waals surface area (Å²) in [6.45, 7) is 4.39. The standard InChI is InChI=1S/C13H25NO/c1-10-7-12(10)8-14(2)9-13(15)11-5-3-4-6-11/h10-13,15H,3-9H2,1-2H3. The van der Waals surface area contributed by atoms with E-state index in [9.17, 15) is 5.11 Å². The van der Waals surface area contributed by atoms with Crippen molar-refractivity contribution in [3.8, 4) is 0 Å². The monoisotopic (exact) mass is 211 g/mol. The van der Waals surface area contributed by atoms with Gasteiger partial charge >= 0.3 is 0 Å². The second-order valence-electron chi connectivity index (χ2n) is 5.81. The molecule has 0 aromatic heterocycles. The lowest BCUT2D eigenvalue weighted by Crippen LogP contribution is -2.34. The van der Waals surface area contributed by atoms with Gasteiger partial charge in [-0.15, -0.1) is 0 Å². The van der Waals surface area contributed by atoms with Gasteiger partial charge in [0.1, 0.15) is 0 Å². The zero-order chi connectivity index (χ0) is 10.8. The van der Waals surface area contributed by atoms with E-state index in [4.69, 9.17) is 0 Å². The Labute approximate surface area is 93.7 Å². The Hall–Kier alpha value is -0.0800. The van der Waals surface area contributed by atoms with Crippen LogP contribution in [0.25, 0.3) is 0 Å². The summed E-state index contributed by atoms with van der Waals surface area (Å²) in [6.07, 6.45) is 6.45. The largest absolute Gasteiger partial charge is 0.392 e. The van der Waals surface area contributed by atoms with Crippen LogP contribution in [0, 0.1) is 17.8 Å². The Balaban J connectivity index is 1.66. The molecule has 3 unspecified atom stereocenters. The molecule has 2 aliphatic carbocycles. The Bertz CT molecular complexity index is 201. The second-order valence-corrected chi connectivity index (χ2v) is 5.81. The zero-order valence-corrected chi connectivity index (χ0v) is 10.2. The average molecular weight is 211 g/mol. The molecule has 2 heteroatoms. The van der Waals surface area contributed by atoms with Crippen LogP contribution < -0.4 is 0 Å². The second kappa shape index (κ2) is 4.84. The van der Waals surface area contributed by atoms with Gasteiger partial charge in [-0.05, 0) is 44.1 Å². The third kappa shape index (κ3) is 3.18. The van der Waals surface area contributed by atoms with E-state index in [-0.39, 0.29) is 6.10 Å². The highest BCUT2D eigenvalue weighted by Crippen LogP contribution is 2.38. The normalized spacial score (nSPS) is 33.6. The van der Waals surface area contributed by atoms with Crippen LogP contribution in [0.5, 0.6) is 0 Å². The van der Waals surface area contributed by atoms with E-state index in [0.717, 1.165) is 18.4 Å². The van der Waals surface area contributed by atoms with Crippen LogP contribution in [0.2, 0.25) is 0 Å². The summed E-state index contributed by atoms with van der Waals surface area (Å²) in [5, 5.41) is 10.1. The molecule has 88 valence electrons. The van der Waals surface area contributed by atoms with Gasteiger partial charge in [0.25, 0.3) is 0 Å². The van der Waals surface area contributed by atoms with Gasteiger partial charge in [-0.25, -0.2) is 0 Å². The number of rotatable bonds is 5. The van der Waals surface area contributed by atoms with E-state index in [1.54, 1.807) is 0 Å². The molecule has 2 fully saturated rings. The minimum Gasteiger partial charge on any atom is -0.392 e. The van der Waals surface area contributed by atoms with Crippen molar-refractivity contribution in [2.75, 3.05) is 20.1 Å². The maximum Gasteiger partial charge on any atom is 0.0695 e. The quantitative estimate of drug-likeness (QED) is 0.753. The smallest absolute Gasteiger partial charge is 0.0695 e. The molecule has 0 amide bonds. The first kappa shape index (κ1) is 11.4. The molecule has 0 radical (unpaired) electrons. The lowest BCUT2D eigenvalue weighted by molar-refractivity contribution is 0.0729. The number of nitrogens with zero attached hydrogens (tertiary/aromatic N) is 1. The van der Waals surface area contributed by atoms with Gasteiger partial charge in [0, 0.05) is 13.1 Å². The average Bonchev–Trinajstić information content (AvgIpc) is 2.73. The number of aliphatic hydroxyl groups is 1. The van der Waals surface area contributed by atoms with E-state index in [2.05, 4.69) is 18.9 Å². The van der Waals surface area contributed by atoms with Crippen LogP contribution in [0.3, 0.4) is 0 Å². The summed E-state index contributed by atoms with van der Waals surface area (Å²) in [5.74, 6) is 2.42. The van der Waals surface area contributed by atoms with Gasteiger partial charge in [0.15, 0.2) is 0 Å². The van der Waals surface area contributed by atoms with Gasteiger partial charge in [0.2, 0.25) is 0 Å². The van der Waals surface area contributed by atoms with Crippen LogP contribution in [0.1, 0.15) is 39.0 Å². The molecule has 0 saturated heterocycles. The summed E-state index contributed by atoms with van der Waals surface area (Å²) >= 11 is 0. The van der Waals surface area contributed by atoms with Gasteiger partial charge in [-0.2, -0.15) is 0 Å². The summed E-state index contributed by atoms with van der Waals surface area (Å²) < 4.78 is 0. The molecule has 1 N–H and O–H groups in total. The molecule has 2 nitrogen and oxygen atoms in total. The molecule has 2 rings (SSSR count). The molecule has 0 aliphatic heterocycles. The first-order valence-electron chi connectivity index (χ1n) is 6.53. The van der Waals surface area contributed by atoms with E-state index in [0.29, 0.717) is 5.92 Å². The molecule has 2 saturated carbocycles. The highest BCUT2D eigenvalue weighted by molar-refractivity contribution is 4.85. The van der Waals surface area contributed by atoms with Crippen molar-refractivity contribution in [2.24, 2.45) is 17.8 Å². The zero-order valence-electron chi connectivity index (χ0n) is 10.2. The highest BCUT2D eigenvalue weighted by atomic mass is 16.3. The van der Waals surface area contributed by atoms with Crippen LogP contribution in [-0.4, -0.2) is 36.2 Å². The molecular formula is C13H25NO. The van der Waals surface area contributed by atoms with E-state index in [1.165, 1.54) is 38.6 Å². The Morgan fingerprint density at radius 2 is 1.93 bits per heavy atom. The summed E-state index contributed by atoms with van der Waals surface area (Å²) in [7, 11) is 2.16. The van der Waals surface area contributed by atoms with E-state index >= 15 is 0 Å². The summed E-state index contributed by atoms with van der Waals surface area (Å²) in [5.41, 5.74) is 0. The molecular weight excluding hydrogens is 186 g/mol. The number of hydrogen-bond acceptors (Lipinski definition) is 2. The Morgan fingerprint density at radius 1 is 1.33 bits per heavy atom. The van der Waals surface area contributed by atoms with Crippen LogP contribution >= 0.6 is 0 Å². The van der Waals surface area contributed by atoms with Crippen molar-refractivity contribution < 1.29 is 5.11 Å². The van der Waals surface area contributed by atoms with Crippen molar-refractivity contribution >= 4 is 0 Å². The lowest BCUT2D eigenvalue weighted by atomic mass is 10.0. The van der Waals surface area contributed by atoms with Crippen molar-refractivity contribution in [1.29, 1.82) is 0 Å². The Kier molecular flexibility index (Phi) is 3.68. The molecule has 0 heterocycles. The summed E-state index contributed by atoms with van der Waals surface area (Å²) in [6, 6.07) is 0. The van der Waals surface area contributed by atoms with Crippen LogP contribution in [-0.2, 0) is 0 Å². The van der Waals surface area contributed by atoms with E-state index < -0.39 is 0 Å². The van der Waals surface area contributed by atoms with Crippen molar-refractivity contribution in [3.05, 3.63) is 0 Å². The number of hydrogen-bond donors (Lipinski definition) is 1. The maximum atomic E-state index is 10.1. The SMILES string of the molecule is CC1CC1CN(C)CC(O)C1CCCC1. The molecule has 0 aromatic rings. The maximum absolute atomic E-state index is 10.1. The molecule has 15 heavy (non-hydrogen) atoms. The molecule has 0 spiro atoms. The van der Waals surface area contributed by atoms with Crippen molar-refractivity contribution in [2.45, 2.75) is 45.1 Å². The third-order valence-corrected chi connectivity index (χ3v) is 4.27. The fourth-order valence-electron chi connectivity index (χ4n) is 2.94. The predicted octanol–water partition coefficient (Wildman–Crippen LogP) is 2.13. The van der Waals surface area contributed by atoms with Gasteiger partial charge in [-0.1, -0.05) is 19.8 Å². The minimum atomic E-state index is -0.0773. The third-order valence-electron chi connectivity index (χ3n) is 4.27. The lowest BCUT2D eigenvalue weighted by Gasteiger charge is -2.24. The Morgan fingerprint density at radius 3 is 2.47 bits per heavy atom. The predicted molar refractivity (Wildman–Crippen MR) is 62.7 cm³/mol. The van der Waals surface area contributed by atoms with Crippen molar-refractivity contribution in [1.82, 2.24) is 4.90 Å². The first-order chi connectivity index (χ1) is 7.16. The van der Waals surface area contributed by atoms with Gasteiger partial charge in [0.05, 0.1) is 6.10 Å². The van der Waals surface area contributed by atoms with Gasteiger partial charge in [-0.3, -0.25) is 0 Å².